The van der Waals surface area contributed by atoms with E-state index in [1.165, 1.54) is 24.3 Å². The number of piperazine rings is 1. The molecule has 35 heavy (non-hydrogen) atoms. The first-order valence-corrected chi connectivity index (χ1v) is 11.5. The highest BCUT2D eigenvalue weighted by Gasteiger charge is 2.34. The summed E-state index contributed by atoms with van der Waals surface area (Å²) in [6.45, 7) is 5.11. The fraction of sp³-hybridized carbons (Fsp3) is 0.222. The molecule has 1 aliphatic rings. The number of hydrogen-bond donors (Lipinski definition) is 1. The Bertz CT molecular complexity index is 1360. The first-order chi connectivity index (χ1) is 16.9. The Morgan fingerprint density at radius 2 is 1.46 bits per heavy atom. The van der Waals surface area contributed by atoms with Crippen molar-refractivity contribution in [2.45, 2.75) is 25.9 Å². The zero-order chi connectivity index (χ0) is 24.5. The number of rotatable bonds is 3. The van der Waals surface area contributed by atoms with Gasteiger partial charge in [0.15, 0.2) is 5.82 Å². The molecule has 0 spiro atoms. The predicted octanol–water partition coefficient (Wildman–Crippen LogP) is 5.71. The van der Waals surface area contributed by atoms with Crippen LogP contribution < -0.4 is 10.2 Å². The third-order valence-electron chi connectivity index (χ3n) is 6.40. The van der Waals surface area contributed by atoms with Gasteiger partial charge in [0.05, 0.1) is 0 Å². The van der Waals surface area contributed by atoms with Crippen molar-refractivity contribution < 1.29 is 13.6 Å². The molecule has 178 valence electrons. The van der Waals surface area contributed by atoms with Crippen molar-refractivity contribution in [2.75, 3.05) is 23.3 Å². The Morgan fingerprint density at radius 1 is 0.829 bits per heavy atom. The van der Waals surface area contributed by atoms with Crippen LogP contribution in [-0.2, 0) is 0 Å². The number of urea groups is 1. The van der Waals surface area contributed by atoms with E-state index in [4.69, 9.17) is 0 Å². The Kier molecular flexibility index (Phi) is 6.03. The van der Waals surface area contributed by atoms with E-state index < -0.39 is 0 Å². The molecule has 3 aromatic carbocycles. The highest BCUT2D eigenvalue weighted by Crippen LogP contribution is 2.33. The van der Waals surface area contributed by atoms with E-state index in [1.54, 1.807) is 29.2 Å². The van der Waals surface area contributed by atoms with Gasteiger partial charge in [-0.05, 0) is 62.4 Å². The molecular weight excluding hydrogens is 448 g/mol. The maximum atomic E-state index is 13.4. The molecular formula is C27H25F2N5O. The number of halogens is 2. The second kappa shape index (κ2) is 9.29. The normalized spacial score (nSPS) is 18.1. The summed E-state index contributed by atoms with van der Waals surface area (Å²) in [5, 5.41) is 13.8. The smallest absolute Gasteiger partial charge is 0.322 e. The molecule has 4 aromatic rings. The SMILES string of the molecule is CC1CN(c2nnc(-c3ccc(F)cc3)c3ccccc23)C(C)CN1C(=O)Nc1ccc(F)cc1. The fourth-order valence-corrected chi connectivity index (χ4v) is 4.56. The summed E-state index contributed by atoms with van der Waals surface area (Å²) in [5.41, 5.74) is 2.04. The minimum atomic E-state index is -0.350. The highest BCUT2D eigenvalue weighted by molar-refractivity contribution is 6.00. The number of fused-ring (bicyclic) bond motifs is 1. The molecule has 5 rings (SSSR count). The van der Waals surface area contributed by atoms with E-state index >= 15 is 0 Å². The van der Waals surface area contributed by atoms with Gasteiger partial charge >= 0.3 is 6.03 Å². The standard InChI is InChI=1S/C27H25F2N5O/c1-17-16-34(27(35)30-22-13-11-21(29)12-14-22)18(2)15-33(17)26-24-6-4-3-5-23(24)25(31-32-26)19-7-9-20(28)10-8-19/h3-14,17-18H,15-16H2,1-2H3,(H,30,35). The molecule has 8 heteroatoms. The van der Waals surface area contributed by atoms with Gasteiger partial charge in [-0.2, -0.15) is 0 Å². The number of anilines is 2. The van der Waals surface area contributed by atoms with Gasteiger partial charge in [-0.25, -0.2) is 13.6 Å². The van der Waals surface area contributed by atoms with Gasteiger partial charge in [-0.1, -0.05) is 24.3 Å². The molecule has 1 aromatic heterocycles. The molecule has 0 saturated carbocycles. The van der Waals surface area contributed by atoms with Gasteiger partial charge < -0.3 is 15.1 Å². The zero-order valence-corrected chi connectivity index (χ0v) is 19.5. The maximum absolute atomic E-state index is 13.4. The van der Waals surface area contributed by atoms with Crippen LogP contribution in [0, 0.1) is 11.6 Å². The molecule has 0 aliphatic carbocycles. The molecule has 2 heterocycles. The van der Waals surface area contributed by atoms with Gasteiger partial charge in [0.25, 0.3) is 0 Å². The van der Waals surface area contributed by atoms with E-state index in [0.29, 0.717) is 24.5 Å². The predicted molar refractivity (Wildman–Crippen MR) is 133 cm³/mol. The molecule has 6 nitrogen and oxygen atoms in total. The van der Waals surface area contributed by atoms with Crippen molar-refractivity contribution in [1.29, 1.82) is 0 Å². The van der Waals surface area contributed by atoms with Crippen LogP contribution in [0.25, 0.3) is 22.0 Å². The molecule has 1 N–H and O–H groups in total. The summed E-state index contributed by atoms with van der Waals surface area (Å²) < 4.78 is 26.6. The first-order valence-electron chi connectivity index (χ1n) is 11.5. The minimum Gasteiger partial charge on any atom is -0.348 e. The molecule has 2 unspecified atom stereocenters. The van der Waals surface area contributed by atoms with E-state index in [1.807, 2.05) is 38.1 Å². The number of nitrogens with zero attached hydrogens (tertiary/aromatic N) is 4. The summed E-state index contributed by atoms with van der Waals surface area (Å²) in [7, 11) is 0. The average molecular weight is 474 g/mol. The van der Waals surface area contributed by atoms with Crippen LogP contribution in [0.4, 0.5) is 25.1 Å². The van der Waals surface area contributed by atoms with Gasteiger partial charge in [-0.15, -0.1) is 10.2 Å². The van der Waals surface area contributed by atoms with Crippen molar-refractivity contribution in [2.24, 2.45) is 0 Å². The van der Waals surface area contributed by atoms with Crippen LogP contribution in [0.2, 0.25) is 0 Å². The van der Waals surface area contributed by atoms with E-state index in [2.05, 4.69) is 20.4 Å². The molecule has 1 fully saturated rings. The Balaban J connectivity index is 1.41. The van der Waals surface area contributed by atoms with Crippen molar-refractivity contribution >= 4 is 28.3 Å². The minimum absolute atomic E-state index is 0.0143. The van der Waals surface area contributed by atoms with E-state index in [0.717, 1.165) is 22.2 Å². The van der Waals surface area contributed by atoms with Crippen LogP contribution >= 0.6 is 0 Å². The topological polar surface area (TPSA) is 61.4 Å². The van der Waals surface area contributed by atoms with Crippen molar-refractivity contribution in [3.63, 3.8) is 0 Å². The number of carbonyl (C=O) groups is 1. The number of hydrogen-bond acceptors (Lipinski definition) is 4. The van der Waals surface area contributed by atoms with Crippen LogP contribution in [0.3, 0.4) is 0 Å². The molecule has 1 saturated heterocycles. The lowest BCUT2D eigenvalue weighted by molar-refractivity contribution is 0.173. The quantitative estimate of drug-likeness (QED) is 0.414. The third-order valence-corrected chi connectivity index (χ3v) is 6.40. The summed E-state index contributed by atoms with van der Waals surface area (Å²) >= 11 is 0. The summed E-state index contributed by atoms with van der Waals surface area (Å²) in [6.07, 6.45) is 0. The van der Waals surface area contributed by atoms with Gasteiger partial charge in [0.1, 0.15) is 17.3 Å². The molecule has 0 radical (unpaired) electrons. The lowest BCUT2D eigenvalue weighted by atomic mass is 10.0. The van der Waals surface area contributed by atoms with Crippen LogP contribution in [0.1, 0.15) is 13.8 Å². The Labute approximate surface area is 202 Å². The van der Waals surface area contributed by atoms with Crippen LogP contribution in [0.5, 0.6) is 0 Å². The molecule has 2 atom stereocenters. The lowest BCUT2D eigenvalue weighted by Crippen LogP contribution is -2.59. The summed E-state index contributed by atoms with van der Waals surface area (Å²) in [4.78, 5) is 16.9. The zero-order valence-electron chi connectivity index (χ0n) is 19.5. The van der Waals surface area contributed by atoms with Crippen LogP contribution in [0.15, 0.2) is 72.8 Å². The Morgan fingerprint density at radius 3 is 2.14 bits per heavy atom. The largest absolute Gasteiger partial charge is 0.348 e. The van der Waals surface area contributed by atoms with Gasteiger partial charge in [0.2, 0.25) is 0 Å². The number of amides is 2. The Hall–Kier alpha value is -4.07. The molecule has 2 amide bonds. The number of carbonyl (C=O) groups excluding carboxylic acids is 1. The lowest BCUT2D eigenvalue weighted by Gasteiger charge is -2.44. The number of nitrogens with one attached hydrogen (secondary N) is 1. The van der Waals surface area contributed by atoms with E-state index in [-0.39, 0.29) is 29.7 Å². The first kappa shape index (κ1) is 22.7. The maximum Gasteiger partial charge on any atom is 0.322 e. The van der Waals surface area contributed by atoms with Crippen molar-refractivity contribution in [1.82, 2.24) is 15.1 Å². The number of benzene rings is 3. The summed E-state index contributed by atoms with van der Waals surface area (Å²) in [5.74, 6) is 0.105. The average Bonchev–Trinajstić information content (AvgIpc) is 2.86. The van der Waals surface area contributed by atoms with Crippen molar-refractivity contribution in [3.05, 3.63) is 84.4 Å². The highest BCUT2D eigenvalue weighted by atomic mass is 19.1. The van der Waals surface area contributed by atoms with Crippen molar-refractivity contribution in [3.8, 4) is 11.3 Å². The third kappa shape index (κ3) is 4.51. The monoisotopic (exact) mass is 473 g/mol. The van der Waals surface area contributed by atoms with Crippen LogP contribution in [-0.4, -0.2) is 46.3 Å². The van der Waals surface area contributed by atoms with Gasteiger partial charge in [-0.3, -0.25) is 0 Å². The molecule has 0 bridgehead atoms. The second-order valence-corrected chi connectivity index (χ2v) is 8.86. The summed E-state index contributed by atoms with van der Waals surface area (Å²) in [6, 6.07) is 19.5. The molecule has 1 aliphatic heterocycles. The van der Waals surface area contributed by atoms with Gasteiger partial charge in [0, 0.05) is 47.2 Å². The fourth-order valence-electron chi connectivity index (χ4n) is 4.56. The second-order valence-electron chi connectivity index (χ2n) is 8.86. The van der Waals surface area contributed by atoms with E-state index in [9.17, 15) is 13.6 Å². The number of aromatic nitrogens is 2.